The molecule has 3 nitrogen and oxygen atoms in total. The summed E-state index contributed by atoms with van der Waals surface area (Å²) in [6.45, 7) is 0. The first-order valence-corrected chi connectivity index (χ1v) is 8.51. The maximum absolute atomic E-state index is 13.0. The van der Waals surface area contributed by atoms with Crippen LogP contribution >= 0.6 is 27.5 Å². The van der Waals surface area contributed by atoms with E-state index in [2.05, 4.69) is 15.9 Å². The smallest absolute Gasteiger partial charge is 0.280 e. The lowest BCUT2D eigenvalue weighted by Crippen LogP contribution is -2.15. The van der Waals surface area contributed by atoms with Gasteiger partial charge in [-0.2, -0.15) is 13.2 Å². The van der Waals surface area contributed by atoms with Crippen LogP contribution in [0.15, 0.2) is 45.8 Å². The summed E-state index contributed by atoms with van der Waals surface area (Å²) in [7, 11) is -4.27. The van der Waals surface area contributed by atoms with Gasteiger partial charge in [0.15, 0.2) is 0 Å². The van der Waals surface area contributed by atoms with Gasteiger partial charge in [0, 0.05) is 10.2 Å². The first kappa shape index (κ1) is 18.0. The lowest BCUT2D eigenvalue weighted by molar-refractivity contribution is -0.138. The Balaban J connectivity index is 2.42. The molecule has 0 radical (unpaired) electrons. The molecule has 0 fully saturated rings. The van der Waals surface area contributed by atoms with E-state index < -0.39 is 32.5 Å². The van der Waals surface area contributed by atoms with E-state index in [1.54, 1.807) is 0 Å². The number of nitrogens with one attached hydrogen (secondary N) is 1. The van der Waals surface area contributed by atoms with Gasteiger partial charge in [0.2, 0.25) is 0 Å². The second-order valence-corrected chi connectivity index (χ2v) is 7.28. The number of halogens is 6. The van der Waals surface area contributed by atoms with E-state index in [0.717, 1.165) is 30.3 Å². The third-order valence-corrected chi connectivity index (χ3v) is 5.26. The summed E-state index contributed by atoms with van der Waals surface area (Å²) in [6, 6.07) is 5.44. The van der Waals surface area contributed by atoms with Crippen molar-refractivity contribution in [3.63, 3.8) is 0 Å². The van der Waals surface area contributed by atoms with Gasteiger partial charge in [0.25, 0.3) is 10.0 Å². The number of alkyl halides is 3. The van der Waals surface area contributed by atoms with E-state index in [0.29, 0.717) is 6.07 Å². The predicted molar refractivity (Wildman–Crippen MR) is 81.4 cm³/mol. The average Bonchev–Trinajstić information content (AvgIpc) is 2.39. The molecule has 10 heteroatoms. The topological polar surface area (TPSA) is 46.2 Å². The van der Waals surface area contributed by atoms with Crippen LogP contribution in [-0.4, -0.2) is 8.42 Å². The molecule has 0 aliphatic rings. The Bertz CT molecular complexity index is 856. The van der Waals surface area contributed by atoms with Crippen molar-refractivity contribution in [1.29, 1.82) is 0 Å². The molecule has 0 bridgehead atoms. The normalized spacial score (nSPS) is 12.3. The molecule has 0 atom stereocenters. The zero-order valence-corrected chi connectivity index (χ0v) is 14.1. The largest absolute Gasteiger partial charge is 0.417 e. The van der Waals surface area contributed by atoms with Crippen molar-refractivity contribution in [3.8, 4) is 0 Å². The number of anilines is 1. The summed E-state index contributed by atoms with van der Waals surface area (Å²) in [4.78, 5) is -0.447. The fourth-order valence-corrected chi connectivity index (χ4v) is 3.76. The molecule has 0 unspecified atom stereocenters. The fourth-order valence-electron chi connectivity index (χ4n) is 1.71. The lowest BCUT2D eigenvalue weighted by atomic mass is 10.2. The van der Waals surface area contributed by atoms with Crippen molar-refractivity contribution in [2.24, 2.45) is 0 Å². The van der Waals surface area contributed by atoms with E-state index in [4.69, 9.17) is 11.6 Å². The van der Waals surface area contributed by atoms with Gasteiger partial charge in [0.1, 0.15) is 10.7 Å². The summed E-state index contributed by atoms with van der Waals surface area (Å²) >= 11 is 8.41. The Morgan fingerprint density at radius 1 is 1.09 bits per heavy atom. The molecule has 2 aromatic carbocycles. The standard InChI is InChI=1S/C13H7BrClF4NO2S/c14-10-3-2-8(6-9(10)13(17,18)19)20-23(21,22)12-4-1-7(16)5-11(12)15/h1-6,20H. The van der Waals surface area contributed by atoms with Gasteiger partial charge in [-0.3, -0.25) is 4.72 Å². The summed E-state index contributed by atoms with van der Waals surface area (Å²) in [6.07, 6.45) is -4.66. The number of sulfonamides is 1. The second kappa shape index (κ2) is 6.29. The van der Waals surface area contributed by atoms with Gasteiger partial charge in [-0.15, -0.1) is 0 Å². The van der Waals surface area contributed by atoms with Crippen LogP contribution in [0.5, 0.6) is 0 Å². The first-order chi connectivity index (χ1) is 10.5. The fraction of sp³-hybridized carbons (Fsp3) is 0.0769. The highest BCUT2D eigenvalue weighted by Crippen LogP contribution is 2.37. The second-order valence-electron chi connectivity index (χ2n) is 4.37. The highest BCUT2D eigenvalue weighted by atomic mass is 79.9. The van der Waals surface area contributed by atoms with Crippen LogP contribution in [0.1, 0.15) is 5.56 Å². The summed E-state index contributed by atoms with van der Waals surface area (Å²) in [5, 5.41) is -0.384. The molecule has 124 valence electrons. The summed E-state index contributed by atoms with van der Waals surface area (Å²) in [5.41, 5.74) is -1.34. The zero-order chi connectivity index (χ0) is 17.4. The van der Waals surface area contributed by atoms with Crippen LogP contribution in [-0.2, 0) is 16.2 Å². The van der Waals surface area contributed by atoms with Crippen LogP contribution in [0, 0.1) is 5.82 Å². The van der Waals surface area contributed by atoms with Crippen LogP contribution in [0.2, 0.25) is 5.02 Å². The first-order valence-electron chi connectivity index (χ1n) is 5.85. The number of hydrogen-bond acceptors (Lipinski definition) is 2. The Morgan fingerprint density at radius 3 is 2.30 bits per heavy atom. The van der Waals surface area contributed by atoms with Crippen molar-refractivity contribution < 1.29 is 26.0 Å². The molecule has 0 amide bonds. The molecule has 0 saturated carbocycles. The molecule has 1 N–H and O–H groups in total. The zero-order valence-electron chi connectivity index (χ0n) is 11.0. The molecule has 2 rings (SSSR count). The molecule has 0 aliphatic heterocycles. The summed E-state index contributed by atoms with van der Waals surface area (Å²) < 4.78 is 77.5. The lowest BCUT2D eigenvalue weighted by Gasteiger charge is -2.13. The molecular weight excluding hydrogens is 426 g/mol. The van der Waals surface area contributed by atoms with E-state index >= 15 is 0 Å². The highest BCUT2D eigenvalue weighted by molar-refractivity contribution is 9.10. The minimum atomic E-state index is -4.66. The maximum atomic E-state index is 13.0. The SMILES string of the molecule is O=S(=O)(Nc1ccc(Br)c(C(F)(F)F)c1)c1ccc(F)cc1Cl. The summed E-state index contributed by atoms with van der Waals surface area (Å²) in [5.74, 6) is -0.739. The monoisotopic (exact) mass is 431 g/mol. The third-order valence-electron chi connectivity index (χ3n) is 2.71. The van der Waals surface area contributed by atoms with E-state index in [1.165, 1.54) is 0 Å². The van der Waals surface area contributed by atoms with Crippen LogP contribution in [0.25, 0.3) is 0 Å². The highest BCUT2D eigenvalue weighted by Gasteiger charge is 2.33. The quantitative estimate of drug-likeness (QED) is 0.689. The van der Waals surface area contributed by atoms with Gasteiger partial charge in [-0.1, -0.05) is 27.5 Å². The number of benzene rings is 2. The third kappa shape index (κ3) is 4.15. The van der Waals surface area contributed by atoms with Crippen LogP contribution in [0.4, 0.5) is 23.2 Å². The average molecular weight is 433 g/mol. The molecule has 0 aliphatic carbocycles. The number of hydrogen-bond donors (Lipinski definition) is 1. The van der Waals surface area contributed by atoms with Crippen molar-refractivity contribution in [2.45, 2.75) is 11.1 Å². The van der Waals surface area contributed by atoms with Crippen molar-refractivity contribution >= 4 is 43.2 Å². The Kier molecular flexibility index (Phi) is 4.93. The Hall–Kier alpha value is -1.32. The van der Waals surface area contributed by atoms with Crippen molar-refractivity contribution in [3.05, 3.63) is 57.3 Å². The van der Waals surface area contributed by atoms with E-state index in [1.807, 2.05) is 4.72 Å². The van der Waals surface area contributed by atoms with Crippen molar-refractivity contribution in [1.82, 2.24) is 0 Å². The Labute approximate surface area is 142 Å². The van der Waals surface area contributed by atoms with E-state index in [9.17, 15) is 26.0 Å². The molecule has 23 heavy (non-hydrogen) atoms. The predicted octanol–water partition coefficient (Wildman–Crippen LogP) is 5.06. The molecule has 0 heterocycles. The van der Waals surface area contributed by atoms with Crippen LogP contribution in [0.3, 0.4) is 0 Å². The molecule has 2 aromatic rings. The Morgan fingerprint density at radius 2 is 1.74 bits per heavy atom. The van der Waals surface area contributed by atoms with Crippen molar-refractivity contribution in [2.75, 3.05) is 4.72 Å². The van der Waals surface area contributed by atoms with E-state index in [-0.39, 0.29) is 15.2 Å². The molecule has 0 spiro atoms. The minimum absolute atomic E-state index is 0.229. The van der Waals surface area contributed by atoms with Gasteiger partial charge in [-0.25, -0.2) is 12.8 Å². The molecule has 0 saturated heterocycles. The van der Waals surface area contributed by atoms with Gasteiger partial charge in [-0.05, 0) is 36.4 Å². The minimum Gasteiger partial charge on any atom is -0.280 e. The van der Waals surface area contributed by atoms with Gasteiger partial charge in [0.05, 0.1) is 10.6 Å². The molecule has 0 aromatic heterocycles. The molecular formula is C13H7BrClF4NO2S. The number of rotatable bonds is 3. The van der Waals surface area contributed by atoms with Gasteiger partial charge >= 0.3 is 6.18 Å². The maximum Gasteiger partial charge on any atom is 0.417 e. The van der Waals surface area contributed by atoms with Gasteiger partial charge < -0.3 is 0 Å². The van der Waals surface area contributed by atoms with Crippen LogP contribution < -0.4 is 4.72 Å².